The van der Waals surface area contributed by atoms with Crippen LogP contribution in [0.15, 0.2) is 42.6 Å². The number of likely N-dealkylation sites (tertiary alicyclic amines) is 1. The second-order valence-electron chi connectivity index (χ2n) is 9.32. The highest BCUT2D eigenvalue weighted by atomic mass is 35.5. The van der Waals surface area contributed by atoms with Crippen molar-refractivity contribution in [3.8, 4) is 5.75 Å². The number of nitrogens with one attached hydrogen (secondary N) is 1. The minimum atomic E-state index is -0.648. The van der Waals surface area contributed by atoms with Gasteiger partial charge in [0.25, 0.3) is 0 Å². The van der Waals surface area contributed by atoms with Crippen molar-refractivity contribution >= 4 is 40.1 Å². The van der Waals surface area contributed by atoms with Crippen molar-refractivity contribution in [2.45, 2.75) is 51.4 Å². The van der Waals surface area contributed by atoms with Crippen LogP contribution in [0.2, 0.25) is 5.02 Å². The molecule has 0 radical (unpaired) electrons. The summed E-state index contributed by atoms with van der Waals surface area (Å²) in [6, 6.07) is 8.64. The van der Waals surface area contributed by atoms with Gasteiger partial charge in [0.1, 0.15) is 24.2 Å². The number of ketones is 1. The number of phenols is 1. The summed E-state index contributed by atoms with van der Waals surface area (Å²) in [7, 11) is 0. The van der Waals surface area contributed by atoms with Crippen molar-refractivity contribution in [3.63, 3.8) is 0 Å². The number of rotatable bonds is 6. The lowest BCUT2D eigenvalue weighted by Crippen LogP contribution is -2.51. The van der Waals surface area contributed by atoms with Crippen LogP contribution in [0, 0.1) is 11.7 Å². The van der Waals surface area contributed by atoms with E-state index in [1.165, 1.54) is 25.1 Å². The molecular weight excluding hydrogens is 473 g/mol. The first-order valence-corrected chi connectivity index (χ1v) is 12.0. The van der Waals surface area contributed by atoms with Crippen LogP contribution in [-0.2, 0) is 22.7 Å². The molecule has 5 rings (SSSR count). The summed E-state index contributed by atoms with van der Waals surface area (Å²) >= 11 is 5.84. The molecule has 2 heterocycles. The molecule has 1 aromatic heterocycles. The quantitative estimate of drug-likeness (QED) is 0.503. The van der Waals surface area contributed by atoms with Crippen LogP contribution in [0.4, 0.5) is 4.39 Å². The molecule has 3 aromatic rings. The van der Waals surface area contributed by atoms with Crippen molar-refractivity contribution < 1.29 is 23.9 Å². The van der Waals surface area contributed by atoms with Crippen LogP contribution in [-0.4, -0.2) is 44.3 Å². The highest BCUT2D eigenvalue weighted by Gasteiger charge is 2.50. The highest BCUT2D eigenvalue weighted by Crippen LogP contribution is 2.44. The Balaban J connectivity index is 1.37. The van der Waals surface area contributed by atoms with Gasteiger partial charge in [-0.3, -0.25) is 14.4 Å². The molecule has 2 aliphatic rings. The fourth-order valence-corrected chi connectivity index (χ4v) is 5.51. The number of amides is 2. The van der Waals surface area contributed by atoms with Gasteiger partial charge in [-0.05, 0) is 50.3 Å². The summed E-state index contributed by atoms with van der Waals surface area (Å²) in [6.45, 7) is 1.36. The lowest BCUT2D eigenvalue weighted by Gasteiger charge is -2.37. The van der Waals surface area contributed by atoms with Gasteiger partial charge < -0.3 is 19.9 Å². The molecule has 1 saturated carbocycles. The Morgan fingerprint density at radius 1 is 1.20 bits per heavy atom. The number of phenolic OH excluding ortho intramolecular Hbond substituents is 1. The summed E-state index contributed by atoms with van der Waals surface area (Å²) in [5.74, 6) is -0.982. The van der Waals surface area contributed by atoms with Crippen LogP contribution in [0.1, 0.15) is 42.1 Å². The molecule has 2 fully saturated rings. The van der Waals surface area contributed by atoms with Crippen molar-refractivity contribution in [2.24, 2.45) is 5.92 Å². The van der Waals surface area contributed by atoms with Crippen molar-refractivity contribution in [2.75, 3.05) is 0 Å². The first-order chi connectivity index (χ1) is 16.7. The highest BCUT2D eigenvalue weighted by molar-refractivity contribution is 6.30. The van der Waals surface area contributed by atoms with Crippen LogP contribution in [0.5, 0.6) is 5.75 Å². The average molecular weight is 498 g/mol. The van der Waals surface area contributed by atoms with E-state index in [1.807, 2.05) is 0 Å². The van der Waals surface area contributed by atoms with Gasteiger partial charge in [-0.1, -0.05) is 23.7 Å². The van der Waals surface area contributed by atoms with E-state index in [2.05, 4.69) is 5.32 Å². The number of halogens is 2. The lowest BCUT2D eigenvalue weighted by atomic mass is 9.80. The van der Waals surface area contributed by atoms with Gasteiger partial charge >= 0.3 is 0 Å². The molecule has 0 spiro atoms. The van der Waals surface area contributed by atoms with Gasteiger partial charge in [0, 0.05) is 41.4 Å². The van der Waals surface area contributed by atoms with Gasteiger partial charge in [-0.25, -0.2) is 4.39 Å². The third kappa shape index (κ3) is 4.16. The number of carbonyl (C=O) groups excluding carboxylic acids is 3. The monoisotopic (exact) mass is 497 g/mol. The Kier molecular flexibility index (Phi) is 6.01. The molecule has 35 heavy (non-hydrogen) atoms. The SMILES string of the molecule is CC(=O)c1cn(CC(=O)N2[C@@H]3CC[C@@H]3C[C@H]2C(=O)NCc2cccc(Cl)c2F)c2cc(O)ccc12. The second kappa shape index (κ2) is 9.00. The maximum Gasteiger partial charge on any atom is 0.243 e. The number of hydrogen-bond donors (Lipinski definition) is 2. The number of Topliss-reactive ketones (excluding diaryl/α,β-unsaturated/α-hetero) is 1. The Hall–Kier alpha value is -3.39. The zero-order valence-corrected chi connectivity index (χ0v) is 19.9. The first kappa shape index (κ1) is 23.4. The van der Waals surface area contributed by atoms with Crippen molar-refractivity contribution in [1.82, 2.24) is 14.8 Å². The topological polar surface area (TPSA) is 91.6 Å². The second-order valence-corrected chi connectivity index (χ2v) is 9.72. The Morgan fingerprint density at radius 2 is 2.00 bits per heavy atom. The third-order valence-electron chi connectivity index (χ3n) is 7.22. The van der Waals surface area contributed by atoms with Crippen molar-refractivity contribution in [1.29, 1.82) is 0 Å². The summed E-state index contributed by atoms with van der Waals surface area (Å²) in [5.41, 5.74) is 1.32. The van der Waals surface area contributed by atoms with E-state index >= 15 is 0 Å². The van der Waals surface area contributed by atoms with E-state index in [1.54, 1.807) is 33.9 Å². The lowest BCUT2D eigenvalue weighted by molar-refractivity contribution is -0.142. The van der Waals surface area contributed by atoms with Crippen LogP contribution in [0.3, 0.4) is 0 Å². The molecule has 3 atom stereocenters. The van der Waals surface area contributed by atoms with E-state index in [-0.39, 0.29) is 59.0 Å². The molecule has 2 aromatic carbocycles. The summed E-state index contributed by atoms with van der Waals surface area (Å²) < 4.78 is 15.9. The number of aromatic hydroxyl groups is 1. The fourth-order valence-electron chi connectivity index (χ4n) is 5.32. The zero-order chi connectivity index (χ0) is 24.9. The largest absolute Gasteiger partial charge is 0.508 e. The maximum atomic E-state index is 14.2. The predicted molar refractivity (Wildman–Crippen MR) is 129 cm³/mol. The number of nitrogens with zero attached hydrogens (tertiary/aromatic N) is 2. The number of benzene rings is 2. The Labute approximate surface area is 206 Å². The molecule has 0 bridgehead atoms. The van der Waals surface area contributed by atoms with E-state index in [0.29, 0.717) is 22.9 Å². The van der Waals surface area contributed by atoms with Gasteiger partial charge in [0.05, 0.1) is 10.5 Å². The average Bonchev–Trinajstić information content (AvgIpc) is 3.28. The molecule has 7 nitrogen and oxygen atoms in total. The van der Waals surface area contributed by atoms with Gasteiger partial charge in [0.15, 0.2) is 5.78 Å². The molecule has 1 aliphatic carbocycles. The molecule has 1 aliphatic heterocycles. The van der Waals surface area contributed by atoms with Gasteiger partial charge in [0.2, 0.25) is 11.8 Å². The summed E-state index contributed by atoms with van der Waals surface area (Å²) in [6.07, 6.45) is 3.97. The van der Waals surface area contributed by atoms with E-state index in [4.69, 9.17) is 11.6 Å². The first-order valence-electron chi connectivity index (χ1n) is 11.6. The number of fused-ring (bicyclic) bond motifs is 2. The van der Waals surface area contributed by atoms with Gasteiger partial charge in [-0.2, -0.15) is 0 Å². The van der Waals surface area contributed by atoms with Crippen LogP contribution < -0.4 is 5.32 Å². The van der Waals surface area contributed by atoms with Gasteiger partial charge in [-0.15, -0.1) is 0 Å². The smallest absolute Gasteiger partial charge is 0.243 e. The van der Waals surface area contributed by atoms with Crippen molar-refractivity contribution in [3.05, 3.63) is 64.6 Å². The molecule has 9 heteroatoms. The van der Waals surface area contributed by atoms with E-state index in [0.717, 1.165) is 12.8 Å². The maximum absolute atomic E-state index is 14.2. The fraction of sp³-hybridized carbons (Fsp3) is 0.346. The Bertz CT molecular complexity index is 1350. The molecule has 0 unspecified atom stereocenters. The van der Waals surface area contributed by atoms with Crippen LogP contribution >= 0.6 is 11.6 Å². The van der Waals surface area contributed by atoms with E-state index < -0.39 is 11.9 Å². The molecule has 1 saturated heterocycles. The van der Waals surface area contributed by atoms with E-state index in [9.17, 15) is 23.9 Å². The van der Waals surface area contributed by atoms with Crippen LogP contribution in [0.25, 0.3) is 10.9 Å². The number of aromatic nitrogens is 1. The number of carbonyl (C=O) groups is 3. The summed E-state index contributed by atoms with van der Waals surface area (Å²) in [4.78, 5) is 40.4. The molecule has 2 N–H and O–H groups in total. The minimum Gasteiger partial charge on any atom is -0.508 e. The standard InChI is InChI=1S/C26H25ClFN3O4/c1-14(32)19-12-30(22-10-17(33)6-7-18(19)22)13-24(34)31-21-8-5-15(21)9-23(31)26(35)29-11-16-3-2-4-20(27)25(16)28/h2-4,6-7,10,12,15,21,23,33H,5,8-9,11,13H2,1H3,(H,29,35)/t15-,21-,23+/m1/s1. The zero-order valence-electron chi connectivity index (χ0n) is 19.1. The number of hydrogen-bond acceptors (Lipinski definition) is 4. The normalized spacial score (nSPS) is 21.0. The Morgan fingerprint density at radius 3 is 2.71 bits per heavy atom. The predicted octanol–water partition coefficient (Wildman–Crippen LogP) is 4.04. The molecule has 2 amide bonds. The molecule has 182 valence electrons. The minimum absolute atomic E-state index is 0.0105. The third-order valence-corrected chi connectivity index (χ3v) is 7.51. The molecular formula is C26H25ClFN3O4. The summed E-state index contributed by atoms with van der Waals surface area (Å²) in [5, 5.41) is 13.4.